The van der Waals surface area contributed by atoms with Crippen LogP contribution in [0.25, 0.3) is 0 Å². The van der Waals surface area contributed by atoms with Crippen LogP contribution in [0.3, 0.4) is 0 Å². The molecule has 0 unspecified atom stereocenters. The van der Waals surface area contributed by atoms with Gasteiger partial charge in [0, 0.05) is 11.5 Å². The van der Waals surface area contributed by atoms with E-state index in [1.54, 1.807) is 0 Å². The summed E-state index contributed by atoms with van der Waals surface area (Å²) >= 11 is 0. The minimum absolute atomic E-state index is 0.0304. The minimum atomic E-state index is -0.573. The number of carbonyl (C=O) groups excluding carboxylic acids is 1. The molecule has 1 aromatic carbocycles. The molecule has 18 heavy (non-hydrogen) atoms. The molecule has 0 spiro atoms. The predicted molar refractivity (Wildman–Crippen MR) is 73.5 cm³/mol. The zero-order valence-corrected chi connectivity index (χ0v) is 11.6. The summed E-state index contributed by atoms with van der Waals surface area (Å²) in [7, 11) is 0. The van der Waals surface area contributed by atoms with Crippen molar-refractivity contribution in [1.82, 2.24) is 0 Å². The van der Waals surface area contributed by atoms with E-state index in [2.05, 4.69) is 0 Å². The second-order valence-electron chi connectivity index (χ2n) is 5.56. The molecule has 0 saturated carbocycles. The number of hydrogen-bond donors (Lipinski definition) is 1. The van der Waals surface area contributed by atoms with E-state index < -0.39 is 5.54 Å². The number of benzene rings is 1. The fraction of sp³-hybridized carbons (Fsp3) is 0.533. The van der Waals surface area contributed by atoms with Crippen LogP contribution >= 0.6 is 0 Å². The van der Waals surface area contributed by atoms with Crippen LogP contribution in [0.5, 0.6) is 5.75 Å². The topological polar surface area (TPSA) is 52.3 Å². The third-order valence-corrected chi connectivity index (χ3v) is 2.97. The van der Waals surface area contributed by atoms with Crippen molar-refractivity contribution in [3.8, 4) is 5.75 Å². The van der Waals surface area contributed by atoms with Crippen LogP contribution in [-0.2, 0) is 4.79 Å². The molecule has 0 amide bonds. The van der Waals surface area contributed by atoms with Gasteiger partial charge in [0.2, 0.25) is 0 Å². The summed E-state index contributed by atoms with van der Waals surface area (Å²) in [4.78, 5) is 12.2. The van der Waals surface area contributed by atoms with E-state index in [4.69, 9.17) is 10.5 Å². The van der Waals surface area contributed by atoms with E-state index in [0.717, 1.165) is 5.75 Å². The Kier molecular flexibility index (Phi) is 4.91. The average molecular weight is 249 g/mol. The Morgan fingerprint density at radius 2 is 1.83 bits per heavy atom. The number of rotatable bonds is 6. The van der Waals surface area contributed by atoms with Crippen LogP contribution in [0.2, 0.25) is 0 Å². The Balaban J connectivity index is 2.72. The van der Waals surface area contributed by atoms with Crippen LogP contribution in [-0.4, -0.2) is 17.9 Å². The number of nitrogens with two attached hydrogens (primary N) is 1. The quantitative estimate of drug-likeness (QED) is 0.843. The first-order valence-corrected chi connectivity index (χ1v) is 6.33. The largest absolute Gasteiger partial charge is 0.493 e. The first-order valence-electron chi connectivity index (χ1n) is 6.33. The molecule has 3 heteroatoms. The van der Waals surface area contributed by atoms with E-state index >= 15 is 0 Å². The van der Waals surface area contributed by atoms with Gasteiger partial charge in [-0.3, -0.25) is 4.79 Å². The van der Waals surface area contributed by atoms with Gasteiger partial charge in [-0.15, -0.1) is 0 Å². The third-order valence-electron chi connectivity index (χ3n) is 2.97. The Bertz CT molecular complexity index is 379. The molecule has 0 aliphatic rings. The van der Waals surface area contributed by atoms with Gasteiger partial charge >= 0.3 is 0 Å². The summed E-state index contributed by atoms with van der Waals surface area (Å²) < 4.78 is 5.67. The Morgan fingerprint density at radius 3 is 2.28 bits per heavy atom. The first kappa shape index (κ1) is 14.7. The molecule has 0 bridgehead atoms. The van der Waals surface area contributed by atoms with E-state index in [1.807, 2.05) is 58.0 Å². The molecule has 3 nitrogen and oxygen atoms in total. The van der Waals surface area contributed by atoms with Gasteiger partial charge in [-0.25, -0.2) is 0 Å². The van der Waals surface area contributed by atoms with Crippen molar-refractivity contribution in [3.63, 3.8) is 0 Å². The molecule has 1 atom stereocenters. The molecular weight excluding hydrogens is 226 g/mol. The normalized spacial score (nSPS) is 13.4. The molecule has 1 rings (SSSR count). The molecule has 0 aliphatic heterocycles. The maximum atomic E-state index is 12.2. The fourth-order valence-electron chi connectivity index (χ4n) is 1.76. The number of ether oxygens (including phenoxy) is 1. The van der Waals surface area contributed by atoms with Crippen molar-refractivity contribution < 1.29 is 9.53 Å². The van der Waals surface area contributed by atoms with Crippen molar-refractivity contribution in [2.45, 2.75) is 33.2 Å². The van der Waals surface area contributed by atoms with E-state index in [9.17, 15) is 4.79 Å². The summed E-state index contributed by atoms with van der Waals surface area (Å²) in [6, 6.07) is 9.49. The average Bonchev–Trinajstić information content (AvgIpc) is 2.28. The summed E-state index contributed by atoms with van der Waals surface area (Å²) in [5.41, 5.74) is 5.51. The van der Waals surface area contributed by atoms with Crippen molar-refractivity contribution in [3.05, 3.63) is 30.3 Å². The molecular formula is C15H23NO2. The van der Waals surface area contributed by atoms with Crippen molar-refractivity contribution >= 4 is 5.78 Å². The van der Waals surface area contributed by atoms with Gasteiger partial charge in [0.05, 0.1) is 12.5 Å². The molecule has 0 aromatic heterocycles. The van der Waals surface area contributed by atoms with Gasteiger partial charge in [0.1, 0.15) is 11.5 Å². The summed E-state index contributed by atoms with van der Waals surface area (Å²) in [6.45, 7) is 7.84. The number of hydrogen-bond acceptors (Lipinski definition) is 3. The van der Waals surface area contributed by atoms with E-state index in [0.29, 0.717) is 6.61 Å². The van der Waals surface area contributed by atoms with Gasteiger partial charge in [0.15, 0.2) is 0 Å². The maximum Gasteiger partial charge on any atom is 0.143 e. The molecule has 100 valence electrons. The lowest BCUT2D eigenvalue weighted by Crippen LogP contribution is -2.49. The van der Waals surface area contributed by atoms with Gasteiger partial charge in [-0.05, 0) is 26.0 Å². The summed E-state index contributed by atoms with van der Waals surface area (Å²) in [5, 5.41) is 0. The van der Waals surface area contributed by atoms with Crippen LogP contribution in [0.1, 0.15) is 27.7 Å². The van der Waals surface area contributed by atoms with Crippen molar-refractivity contribution in [2.75, 3.05) is 6.61 Å². The Morgan fingerprint density at radius 1 is 1.28 bits per heavy atom. The van der Waals surface area contributed by atoms with Gasteiger partial charge in [-0.2, -0.15) is 0 Å². The number of carbonyl (C=O) groups is 1. The second kappa shape index (κ2) is 6.01. The maximum absolute atomic E-state index is 12.2. The smallest absolute Gasteiger partial charge is 0.143 e. The molecule has 0 radical (unpaired) electrons. The Labute approximate surface area is 109 Å². The highest BCUT2D eigenvalue weighted by Gasteiger charge is 2.33. The lowest BCUT2D eigenvalue weighted by atomic mass is 9.82. The molecule has 0 aliphatic carbocycles. The van der Waals surface area contributed by atoms with Crippen LogP contribution < -0.4 is 10.5 Å². The minimum Gasteiger partial charge on any atom is -0.493 e. The number of ketones is 1. The Hall–Kier alpha value is -1.35. The van der Waals surface area contributed by atoms with Crippen LogP contribution in [0.4, 0.5) is 0 Å². The molecule has 2 N–H and O–H groups in total. The molecule has 0 heterocycles. The standard InChI is InChI=1S/C15H23NO2/c1-11(2)14(17)13(15(3,4)16)10-18-12-8-6-5-7-9-12/h5-9,11,13H,10,16H2,1-4H3/t13-/m0/s1. The zero-order valence-electron chi connectivity index (χ0n) is 11.6. The molecule has 1 aromatic rings. The highest BCUT2D eigenvalue weighted by atomic mass is 16.5. The first-order chi connectivity index (χ1) is 8.32. The second-order valence-corrected chi connectivity index (χ2v) is 5.56. The number of para-hydroxylation sites is 1. The van der Waals surface area contributed by atoms with Gasteiger partial charge in [0.25, 0.3) is 0 Å². The van der Waals surface area contributed by atoms with Crippen molar-refractivity contribution in [2.24, 2.45) is 17.6 Å². The lowest BCUT2D eigenvalue weighted by Gasteiger charge is -2.30. The number of Topliss-reactive ketones (excluding diaryl/α,β-unsaturated/α-hetero) is 1. The molecule has 0 fully saturated rings. The summed E-state index contributed by atoms with van der Waals surface area (Å²) in [6.07, 6.45) is 0. The summed E-state index contributed by atoms with van der Waals surface area (Å²) in [5.74, 6) is 0.594. The highest BCUT2D eigenvalue weighted by Crippen LogP contribution is 2.21. The van der Waals surface area contributed by atoms with Gasteiger partial charge < -0.3 is 10.5 Å². The monoisotopic (exact) mass is 249 g/mol. The van der Waals surface area contributed by atoms with Crippen molar-refractivity contribution in [1.29, 1.82) is 0 Å². The highest BCUT2D eigenvalue weighted by molar-refractivity contribution is 5.84. The zero-order chi connectivity index (χ0) is 13.8. The van der Waals surface area contributed by atoms with Crippen LogP contribution in [0.15, 0.2) is 30.3 Å². The van der Waals surface area contributed by atoms with Gasteiger partial charge in [-0.1, -0.05) is 32.0 Å². The SMILES string of the molecule is CC(C)C(=O)[C@H](COc1ccccc1)C(C)(C)N. The van der Waals surface area contributed by atoms with E-state index in [-0.39, 0.29) is 17.6 Å². The predicted octanol–water partition coefficient (Wildman–Crippen LogP) is 2.64. The van der Waals surface area contributed by atoms with E-state index in [1.165, 1.54) is 0 Å². The fourth-order valence-corrected chi connectivity index (χ4v) is 1.76. The third kappa shape index (κ3) is 4.15. The molecule has 0 saturated heterocycles. The lowest BCUT2D eigenvalue weighted by molar-refractivity contribution is -0.128. The van der Waals surface area contributed by atoms with Crippen LogP contribution in [0, 0.1) is 11.8 Å².